The third kappa shape index (κ3) is 30.4. The Balaban J connectivity index is 0.000000613. The molecule has 636 valence electrons. The Morgan fingerprint density at radius 1 is 0.303 bits per heavy atom. The Hall–Kier alpha value is -2.70. The van der Waals surface area contributed by atoms with Crippen LogP contribution in [0.3, 0.4) is 0 Å². The summed E-state index contributed by atoms with van der Waals surface area (Å²) in [5.74, 6) is 4.59. The summed E-state index contributed by atoms with van der Waals surface area (Å²) in [7, 11) is 0. The Bertz CT molecular complexity index is 2740. The Morgan fingerprint density at radius 3 is 1.19 bits per heavy atom. The first-order valence-corrected chi connectivity index (χ1v) is 43.7. The molecule has 9 fully saturated rings. The van der Waals surface area contributed by atoms with Crippen molar-refractivity contribution in [1.29, 1.82) is 0 Å². The maximum atomic E-state index is 10.0. The molecule has 9 rings (SSSR count). The van der Waals surface area contributed by atoms with Crippen molar-refractivity contribution in [1.82, 2.24) is 0 Å². The van der Waals surface area contributed by atoms with Gasteiger partial charge in [0.25, 0.3) is 0 Å². The monoisotopic (exact) mass is 1530 g/mol. The minimum atomic E-state index is -0.191. The van der Waals surface area contributed by atoms with Gasteiger partial charge in [-0.25, -0.2) is 0 Å². The lowest BCUT2D eigenvalue weighted by atomic mass is 9.64. The van der Waals surface area contributed by atoms with Gasteiger partial charge in [0.2, 0.25) is 0 Å². The molecule has 9 N–H and O–H groups in total. The molecule has 0 aromatic heterocycles. The molecule has 9 nitrogen and oxygen atoms in total. The van der Waals surface area contributed by atoms with Crippen LogP contribution in [0.25, 0.3) is 0 Å². The molecule has 109 heavy (non-hydrogen) atoms. The van der Waals surface area contributed by atoms with E-state index in [1.807, 2.05) is 13.8 Å². The molecule has 0 spiro atoms. The highest BCUT2D eigenvalue weighted by molar-refractivity contribution is 5.16. The van der Waals surface area contributed by atoms with E-state index in [1.165, 1.54) is 84.0 Å². The van der Waals surface area contributed by atoms with Crippen LogP contribution in [0.2, 0.25) is 0 Å². The molecule has 0 aromatic carbocycles. The molecule has 0 amide bonds. The van der Waals surface area contributed by atoms with Crippen molar-refractivity contribution < 1.29 is 46.0 Å². The summed E-state index contributed by atoms with van der Waals surface area (Å²) >= 11 is 0. The van der Waals surface area contributed by atoms with Gasteiger partial charge in [-0.1, -0.05) is 246 Å². The minimum Gasteiger partial charge on any atom is -0.393 e. The van der Waals surface area contributed by atoms with Gasteiger partial charge in [0.05, 0.1) is 54.9 Å². The van der Waals surface area contributed by atoms with Gasteiger partial charge >= 0.3 is 0 Å². The van der Waals surface area contributed by atoms with Gasteiger partial charge in [0.15, 0.2) is 0 Å². The van der Waals surface area contributed by atoms with E-state index in [1.54, 1.807) is 0 Å². The van der Waals surface area contributed by atoms with Crippen molar-refractivity contribution in [3.05, 3.63) is 109 Å². The summed E-state index contributed by atoms with van der Waals surface area (Å²) in [5.41, 5.74) is 12.4. The van der Waals surface area contributed by atoms with E-state index >= 15 is 0 Å². The average molecular weight is 1530 g/mol. The molecular formula is C100H182O9. The van der Waals surface area contributed by atoms with Crippen LogP contribution < -0.4 is 0 Å². The second-order valence-corrected chi connectivity index (χ2v) is 41.8. The summed E-state index contributed by atoms with van der Waals surface area (Å²) in [6, 6.07) is 0. The zero-order valence-corrected chi connectivity index (χ0v) is 76.7. The molecule has 0 bridgehead atoms. The van der Waals surface area contributed by atoms with Gasteiger partial charge in [-0.2, -0.15) is 0 Å². The fourth-order valence-corrected chi connectivity index (χ4v) is 19.3. The number of hydrogen-bond donors (Lipinski definition) is 9. The first kappa shape index (κ1) is 104. The maximum absolute atomic E-state index is 10.0. The van der Waals surface area contributed by atoms with Crippen molar-refractivity contribution in [3.63, 3.8) is 0 Å². The van der Waals surface area contributed by atoms with Crippen LogP contribution >= 0.6 is 0 Å². The van der Waals surface area contributed by atoms with Crippen LogP contribution in [0.1, 0.15) is 367 Å². The van der Waals surface area contributed by atoms with E-state index in [9.17, 15) is 46.0 Å². The number of hydrogen-bond acceptors (Lipinski definition) is 9. The molecule has 9 aliphatic carbocycles. The normalized spacial score (nSPS) is 41.5. The SMILES string of the molecule is C=C(C)C1(C)CC(C)CC(O)C1.C=C(C)C1(C)CC(O)CCC1C.C=C(C)C1(C)CCC(C)C(O)C1.C=C(C)C1(C)CCC(C)CC1O.C=C(C)C1(C)CCC(O)C(C)C1.C=C(C)C1(C)CCC(O)CC1C.C=C(C)C1(C)CCCC(C)C1O.C=C(C)C1(C)CCCC(O)C1C.CC(C)=CC1C(O)CCCC1(C)C. The van der Waals surface area contributed by atoms with E-state index in [0.29, 0.717) is 53.3 Å². The van der Waals surface area contributed by atoms with Gasteiger partial charge in [0, 0.05) is 16.7 Å². The minimum absolute atomic E-state index is 0.0213. The van der Waals surface area contributed by atoms with E-state index in [4.69, 9.17) is 0 Å². The Morgan fingerprint density at radius 2 is 0.771 bits per heavy atom. The topological polar surface area (TPSA) is 182 Å². The molecule has 0 radical (unpaired) electrons. The lowest BCUT2D eigenvalue weighted by Crippen LogP contribution is -2.41. The standard InChI is InChI=1S/C12H22O.8C11H20O/c1-9(2)8-10-11(13)6-5-7-12(10,3)4;1-8(2)11(4)6-9(3)5-10(12)7-11;1-8(2)11(4)6-5-10(12)9(3)7-11;1-8(2)11(4)6-5-10(12)7-9(11)3;1-8(2)11(4)6-5-9(3)10(12)7-11;1-8(2)11(4)7-10(12)6-5-9(11)3;1-8(2)11(4)6-5-9(3)7-10(11)12;1-8(2)11(4)7-5-6-10(12)9(11)3;1-8(2)11(4)7-5-6-9(3)10(11)12/h8,10-11,13H,5-7H2,1-4H3;8*9-10,12H,1,5-7H2,2-4H3. The van der Waals surface area contributed by atoms with Crippen LogP contribution in [0.4, 0.5) is 0 Å². The van der Waals surface area contributed by atoms with Gasteiger partial charge in [-0.15, -0.1) is 0 Å². The molecule has 0 heterocycles. The third-order valence-electron chi connectivity index (χ3n) is 31.4. The number of rotatable bonds is 9. The summed E-state index contributed by atoms with van der Waals surface area (Å²) in [4.78, 5) is 0. The quantitative estimate of drug-likeness (QED) is 0.102. The number of aliphatic hydroxyl groups excluding tert-OH is 9. The summed E-state index contributed by atoms with van der Waals surface area (Å²) in [5, 5.41) is 87.5. The zero-order valence-electron chi connectivity index (χ0n) is 76.7. The summed E-state index contributed by atoms with van der Waals surface area (Å²) < 4.78 is 0. The summed E-state index contributed by atoms with van der Waals surface area (Å²) in [6.07, 6.45) is 29.8. The van der Waals surface area contributed by atoms with Gasteiger partial charge in [-0.05, 0) is 315 Å². The van der Waals surface area contributed by atoms with E-state index in [0.717, 1.165) is 140 Å². The van der Waals surface area contributed by atoms with Crippen LogP contribution in [0.5, 0.6) is 0 Å². The van der Waals surface area contributed by atoms with Crippen molar-refractivity contribution >= 4 is 0 Å². The molecule has 9 saturated carbocycles. The van der Waals surface area contributed by atoms with Crippen LogP contribution in [-0.4, -0.2) is 101 Å². The smallest absolute Gasteiger partial charge is 0.0656 e. The van der Waals surface area contributed by atoms with Gasteiger partial charge < -0.3 is 46.0 Å². The number of allylic oxidation sites excluding steroid dienone is 7. The first-order valence-electron chi connectivity index (χ1n) is 43.7. The third-order valence-corrected chi connectivity index (χ3v) is 31.4. The zero-order chi connectivity index (χ0) is 84.9. The maximum Gasteiger partial charge on any atom is 0.0656 e. The molecular weight excluding hydrogens is 1350 g/mol. The van der Waals surface area contributed by atoms with Crippen molar-refractivity contribution in [3.8, 4) is 0 Å². The molecule has 0 saturated heterocycles. The van der Waals surface area contributed by atoms with Crippen LogP contribution in [-0.2, 0) is 0 Å². The lowest BCUT2D eigenvalue weighted by molar-refractivity contribution is -0.0146. The highest BCUT2D eigenvalue weighted by atomic mass is 16.3. The first-order chi connectivity index (χ1) is 49.6. The van der Waals surface area contributed by atoms with Crippen molar-refractivity contribution in [2.75, 3.05) is 0 Å². The van der Waals surface area contributed by atoms with E-state index < -0.39 is 0 Å². The van der Waals surface area contributed by atoms with Gasteiger partial charge in [0.1, 0.15) is 0 Å². The van der Waals surface area contributed by atoms with Crippen LogP contribution in [0.15, 0.2) is 109 Å². The lowest BCUT2D eigenvalue weighted by Gasteiger charge is -2.43. The molecule has 26 unspecified atom stereocenters. The highest BCUT2D eigenvalue weighted by Gasteiger charge is 2.45. The molecule has 0 aromatic rings. The largest absolute Gasteiger partial charge is 0.393 e. The second kappa shape index (κ2) is 44.6. The predicted molar refractivity (Wildman–Crippen MR) is 472 cm³/mol. The highest BCUT2D eigenvalue weighted by Crippen LogP contribution is 2.51. The molecule has 26 atom stereocenters. The van der Waals surface area contributed by atoms with E-state index in [2.05, 4.69) is 239 Å². The molecule has 0 aliphatic heterocycles. The Labute approximate surface area is 675 Å². The molecule has 9 heteroatoms. The van der Waals surface area contributed by atoms with Crippen LogP contribution in [0, 0.1) is 102 Å². The molecule has 9 aliphatic rings. The fourth-order valence-electron chi connectivity index (χ4n) is 19.3. The Kier molecular flexibility index (Phi) is 42.7. The van der Waals surface area contributed by atoms with Crippen molar-refractivity contribution in [2.24, 2.45) is 102 Å². The second-order valence-electron chi connectivity index (χ2n) is 41.8. The van der Waals surface area contributed by atoms with Gasteiger partial charge in [-0.3, -0.25) is 0 Å². The predicted octanol–water partition coefficient (Wildman–Crippen LogP) is 25.1. The van der Waals surface area contributed by atoms with Crippen molar-refractivity contribution in [2.45, 2.75) is 422 Å². The number of aliphatic hydroxyl groups is 9. The average Bonchev–Trinajstić information content (AvgIpc) is 0.799. The summed E-state index contributed by atoms with van der Waals surface area (Å²) in [6.45, 7) is 92.5. The van der Waals surface area contributed by atoms with E-state index in [-0.39, 0.29) is 104 Å². The fraction of sp³-hybridized carbons (Fsp3) is 0.820.